The molecule has 0 spiro atoms. The van der Waals surface area contributed by atoms with Crippen LogP contribution in [0.1, 0.15) is 40.4 Å². The minimum atomic E-state index is -0.306. The van der Waals surface area contributed by atoms with E-state index in [1.807, 2.05) is 11.4 Å². The smallest absolute Gasteiger partial charge is 0.183 e. The molecule has 3 heteroatoms. The van der Waals surface area contributed by atoms with Crippen molar-refractivity contribution in [3.63, 3.8) is 0 Å². The monoisotopic (exact) mass is 206 g/mol. The molecule has 2 aliphatic carbocycles. The van der Waals surface area contributed by atoms with Gasteiger partial charge in [-0.3, -0.25) is 9.59 Å². The van der Waals surface area contributed by atoms with Gasteiger partial charge in [0.2, 0.25) is 0 Å². The van der Waals surface area contributed by atoms with Gasteiger partial charge in [-0.2, -0.15) is 0 Å². The van der Waals surface area contributed by atoms with Gasteiger partial charge in [0.05, 0.1) is 10.8 Å². The highest BCUT2D eigenvalue weighted by atomic mass is 32.1. The van der Waals surface area contributed by atoms with E-state index in [1.54, 1.807) is 0 Å². The molecular formula is C11H10O2S. The summed E-state index contributed by atoms with van der Waals surface area (Å²) in [4.78, 5) is 24.6. The largest absolute Gasteiger partial charge is 0.298 e. The van der Waals surface area contributed by atoms with E-state index in [9.17, 15) is 9.59 Å². The fourth-order valence-corrected chi connectivity index (χ4v) is 3.53. The van der Waals surface area contributed by atoms with E-state index in [0.717, 1.165) is 29.7 Å². The summed E-state index contributed by atoms with van der Waals surface area (Å²) in [6, 6.07) is 1.95. The standard InChI is InChI=1S/C11H10O2S/c12-9-6-2-1-3-8(9)10(13)11-7(6)4-5-14-11/h4-6,8H,1-3H2/t6-,8-/m0/s1. The zero-order chi connectivity index (χ0) is 9.71. The van der Waals surface area contributed by atoms with E-state index in [4.69, 9.17) is 0 Å². The maximum absolute atomic E-state index is 11.9. The molecule has 0 saturated heterocycles. The first-order valence-corrected chi connectivity index (χ1v) is 5.82. The third kappa shape index (κ3) is 0.906. The van der Waals surface area contributed by atoms with E-state index in [2.05, 4.69) is 0 Å². The first kappa shape index (κ1) is 8.36. The lowest BCUT2D eigenvalue weighted by molar-refractivity contribution is -0.125. The van der Waals surface area contributed by atoms with Crippen molar-refractivity contribution in [1.82, 2.24) is 0 Å². The Hall–Kier alpha value is -0.960. The average molecular weight is 206 g/mol. The summed E-state index contributed by atoms with van der Waals surface area (Å²) in [6.45, 7) is 0. The van der Waals surface area contributed by atoms with Crippen molar-refractivity contribution in [3.05, 3.63) is 21.9 Å². The van der Waals surface area contributed by atoms with Gasteiger partial charge in [0.25, 0.3) is 0 Å². The highest BCUT2D eigenvalue weighted by molar-refractivity contribution is 7.12. The molecule has 0 aromatic carbocycles. The summed E-state index contributed by atoms with van der Waals surface area (Å²) < 4.78 is 0. The van der Waals surface area contributed by atoms with Crippen molar-refractivity contribution < 1.29 is 9.59 Å². The van der Waals surface area contributed by atoms with Gasteiger partial charge in [-0.15, -0.1) is 11.3 Å². The molecule has 2 bridgehead atoms. The van der Waals surface area contributed by atoms with Gasteiger partial charge in [0.1, 0.15) is 0 Å². The summed E-state index contributed by atoms with van der Waals surface area (Å²) in [5, 5.41) is 1.93. The minimum Gasteiger partial charge on any atom is -0.298 e. The molecule has 1 aromatic rings. The van der Waals surface area contributed by atoms with Gasteiger partial charge < -0.3 is 0 Å². The van der Waals surface area contributed by atoms with Crippen LogP contribution in [0.4, 0.5) is 0 Å². The molecular weight excluding hydrogens is 196 g/mol. The van der Waals surface area contributed by atoms with Crippen LogP contribution in [0.15, 0.2) is 11.4 Å². The van der Waals surface area contributed by atoms with Gasteiger partial charge in [0.15, 0.2) is 11.6 Å². The summed E-state index contributed by atoms with van der Waals surface area (Å²) in [7, 11) is 0. The molecule has 1 fully saturated rings. The molecule has 2 nitrogen and oxygen atoms in total. The topological polar surface area (TPSA) is 34.1 Å². The second kappa shape index (κ2) is 2.76. The predicted molar refractivity (Wildman–Crippen MR) is 53.7 cm³/mol. The van der Waals surface area contributed by atoms with Gasteiger partial charge in [0, 0.05) is 5.92 Å². The van der Waals surface area contributed by atoms with Gasteiger partial charge >= 0.3 is 0 Å². The predicted octanol–water partition coefficient (Wildman–Crippen LogP) is 2.40. The van der Waals surface area contributed by atoms with Crippen LogP contribution in [0.5, 0.6) is 0 Å². The van der Waals surface area contributed by atoms with Crippen LogP contribution in [0.2, 0.25) is 0 Å². The molecule has 0 unspecified atom stereocenters. The number of carbonyl (C=O) groups excluding carboxylic acids is 2. The van der Waals surface area contributed by atoms with Gasteiger partial charge in [-0.05, 0) is 29.9 Å². The Morgan fingerprint density at radius 3 is 2.86 bits per heavy atom. The third-order valence-corrected chi connectivity index (χ3v) is 4.23. The third-order valence-electron chi connectivity index (χ3n) is 3.28. The van der Waals surface area contributed by atoms with Crippen LogP contribution in [0, 0.1) is 5.92 Å². The van der Waals surface area contributed by atoms with Crippen LogP contribution in [-0.4, -0.2) is 11.6 Å². The van der Waals surface area contributed by atoms with Crippen molar-refractivity contribution in [2.45, 2.75) is 25.2 Å². The highest BCUT2D eigenvalue weighted by Crippen LogP contribution is 2.43. The second-order valence-corrected chi connectivity index (χ2v) is 4.92. The first-order chi connectivity index (χ1) is 6.79. The number of rotatable bonds is 0. The van der Waals surface area contributed by atoms with Crippen LogP contribution in [-0.2, 0) is 4.79 Å². The maximum Gasteiger partial charge on any atom is 0.183 e. The molecule has 0 N–H and O–H groups in total. The van der Waals surface area contributed by atoms with Crippen LogP contribution < -0.4 is 0 Å². The zero-order valence-corrected chi connectivity index (χ0v) is 8.47. The fourth-order valence-electron chi connectivity index (χ4n) is 2.57. The SMILES string of the molecule is O=C1c2sccc2[C@@H]2CCC[C@H]1C2=O. The van der Waals surface area contributed by atoms with E-state index < -0.39 is 0 Å². The second-order valence-electron chi connectivity index (χ2n) is 4.01. The quantitative estimate of drug-likeness (QED) is 0.611. The molecule has 1 aromatic heterocycles. The molecule has 2 aliphatic rings. The van der Waals surface area contributed by atoms with Gasteiger partial charge in [-0.25, -0.2) is 0 Å². The molecule has 1 heterocycles. The number of carbonyl (C=O) groups is 2. The number of ketones is 2. The summed E-state index contributed by atoms with van der Waals surface area (Å²) >= 11 is 1.49. The normalized spacial score (nSPS) is 30.3. The number of hydrogen-bond donors (Lipinski definition) is 0. The fraction of sp³-hybridized carbons (Fsp3) is 0.455. The molecule has 1 saturated carbocycles. The molecule has 3 rings (SSSR count). The maximum atomic E-state index is 11.9. The van der Waals surface area contributed by atoms with E-state index in [0.29, 0.717) is 0 Å². The summed E-state index contributed by atoms with van der Waals surface area (Å²) in [5.74, 6) is -0.0179. The Labute approximate surface area is 85.9 Å². The Morgan fingerprint density at radius 1 is 1.21 bits per heavy atom. The van der Waals surface area contributed by atoms with Crippen molar-refractivity contribution >= 4 is 22.9 Å². The Bertz CT molecular complexity index is 419. The van der Waals surface area contributed by atoms with Crippen molar-refractivity contribution in [2.24, 2.45) is 5.92 Å². The van der Waals surface area contributed by atoms with Crippen LogP contribution in [0.25, 0.3) is 0 Å². The number of hydrogen-bond acceptors (Lipinski definition) is 3. The number of fused-ring (bicyclic) bond motifs is 4. The average Bonchev–Trinajstić information content (AvgIpc) is 2.63. The Morgan fingerprint density at radius 2 is 2.00 bits per heavy atom. The molecule has 0 aliphatic heterocycles. The van der Waals surface area contributed by atoms with Crippen LogP contribution >= 0.6 is 11.3 Å². The van der Waals surface area contributed by atoms with Gasteiger partial charge in [-0.1, -0.05) is 6.42 Å². The minimum absolute atomic E-state index is 0.0349. The molecule has 0 amide bonds. The Kier molecular flexibility index (Phi) is 1.65. The number of Topliss-reactive ketones (excluding diaryl/α,β-unsaturated/α-hetero) is 2. The van der Waals surface area contributed by atoms with Crippen LogP contribution in [0.3, 0.4) is 0 Å². The summed E-state index contributed by atoms with van der Waals surface area (Å²) in [6.07, 6.45) is 2.72. The van der Waals surface area contributed by atoms with Crippen molar-refractivity contribution in [3.8, 4) is 0 Å². The molecule has 2 atom stereocenters. The number of thiophene rings is 1. The van der Waals surface area contributed by atoms with Crippen molar-refractivity contribution in [2.75, 3.05) is 0 Å². The molecule has 72 valence electrons. The molecule has 0 radical (unpaired) electrons. The highest BCUT2D eigenvalue weighted by Gasteiger charge is 2.43. The Balaban J connectivity index is 2.21. The lowest BCUT2D eigenvalue weighted by Crippen LogP contribution is -2.37. The van der Waals surface area contributed by atoms with E-state index in [1.165, 1.54) is 11.3 Å². The lowest BCUT2D eigenvalue weighted by Gasteiger charge is -2.31. The molecule has 14 heavy (non-hydrogen) atoms. The van der Waals surface area contributed by atoms with E-state index >= 15 is 0 Å². The van der Waals surface area contributed by atoms with E-state index in [-0.39, 0.29) is 23.4 Å². The van der Waals surface area contributed by atoms with Crippen molar-refractivity contribution in [1.29, 1.82) is 0 Å². The summed E-state index contributed by atoms with van der Waals surface area (Å²) in [5.41, 5.74) is 1.00. The lowest BCUT2D eigenvalue weighted by atomic mass is 9.70. The first-order valence-electron chi connectivity index (χ1n) is 4.94. The zero-order valence-electron chi connectivity index (χ0n) is 7.66.